The molecule has 0 heterocycles. The molecule has 1 aliphatic rings. The van der Waals surface area contributed by atoms with Gasteiger partial charge in [-0.25, -0.2) is 0 Å². The van der Waals surface area contributed by atoms with E-state index in [0.29, 0.717) is 11.1 Å². The molecule has 0 amide bonds. The molecule has 2 nitrogen and oxygen atoms in total. The highest BCUT2D eigenvalue weighted by atomic mass is 16.1. The number of carbonyl (C=O) groups is 2. The van der Waals surface area contributed by atoms with Gasteiger partial charge in [-0.15, -0.1) is 6.58 Å². The number of aryl methyl sites for hydroxylation is 2. The molecule has 1 aromatic rings. The number of ketones is 2. The highest BCUT2D eigenvalue weighted by Gasteiger charge is 2.39. The Kier molecular flexibility index (Phi) is 3.52. The van der Waals surface area contributed by atoms with Crippen molar-refractivity contribution in [1.82, 2.24) is 0 Å². The highest BCUT2D eigenvalue weighted by molar-refractivity contribution is 6.18. The second-order valence-corrected chi connectivity index (χ2v) is 4.99. The van der Waals surface area contributed by atoms with Crippen LogP contribution < -0.4 is 0 Å². The Labute approximate surface area is 113 Å². The molecule has 2 heteroatoms. The van der Waals surface area contributed by atoms with Crippen molar-refractivity contribution < 1.29 is 9.59 Å². The van der Waals surface area contributed by atoms with Gasteiger partial charge in [-0.1, -0.05) is 30.4 Å². The molecule has 0 radical (unpaired) electrons. The molecule has 1 aliphatic carbocycles. The summed E-state index contributed by atoms with van der Waals surface area (Å²) in [4.78, 5) is 25.2. The molecular formula is C17H18O2. The minimum absolute atomic E-state index is 0.00824. The van der Waals surface area contributed by atoms with E-state index in [0.717, 1.165) is 11.1 Å². The maximum atomic E-state index is 12.6. The fourth-order valence-electron chi connectivity index (χ4n) is 2.77. The first-order valence-electron chi connectivity index (χ1n) is 6.47. The van der Waals surface area contributed by atoms with Crippen molar-refractivity contribution in [2.75, 3.05) is 0 Å². The minimum Gasteiger partial charge on any atom is -0.293 e. The third-order valence-electron chi connectivity index (χ3n) is 3.76. The number of benzene rings is 1. The summed E-state index contributed by atoms with van der Waals surface area (Å²) in [5, 5.41) is 0. The Hall–Kier alpha value is -1.96. The summed E-state index contributed by atoms with van der Waals surface area (Å²) in [7, 11) is 0. The zero-order chi connectivity index (χ0) is 14.2. The van der Waals surface area contributed by atoms with Gasteiger partial charge in [-0.3, -0.25) is 9.59 Å². The highest BCUT2D eigenvalue weighted by Crippen LogP contribution is 2.35. The molecule has 0 aliphatic heterocycles. The van der Waals surface area contributed by atoms with Crippen molar-refractivity contribution in [3.8, 4) is 0 Å². The van der Waals surface area contributed by atoms with Crippen LogP contribution in [0.4, 0.5) is 0 Å². The largest absolute Gasteiger partial charge is 0.293 e. The third-order valence-corrected chi connectivity index (χ3v) is 3.76. The van der Waals surface area contributed by atoms with Crippen LogP contribution in [0.2, 0.25) is 0 Å². The number of allylic oxidation sites excluding steroid dienone is 3. The summed E-state index contributed by atoms with van der Waals surface area (Å²) in [6.45, 7) is 9.33. The van der Waals surface area contributed by atoms with Gasteiger partial charge in [0.2, 0.25) is 0 Å². The fraction of sp³-hybridized carbons (Fsp3) is 0.294. The van der Waals surface area contributed by atoms with Crippen LogP contribution in [-0.4, -0.2) is 11.6 Å². The lowest BCUT2D eigenvalue weighted by Gasteiger charge is -2.29. The standard InChI is InChI=1S/C17H18O2/c1-5-7-13-12(6-2)16(18)14-10(3)8-9-11(4)15(14)17(13)19/h5-9,12-13H,2H2,1,3-4H3/b7-5-. The Balaban J connectivity index is 2.74. The summed E-state index contributed by atoms with van der Waals surface area (Å²) < 4.78 is 0. The lowest BCUT2D eigenvalue weighted by molar-refractivity contribution is 0.0802. The van der Waals surface area contributed by atoms with Gasteiger partial charge < -0.3 is 0 Å². The maximum absolute atomic E-state index is 12.6. The van der Waals surface area contributed by atoms with Crippen LogP contribution in [0.1, 0.15) is 38.8 Å². The smallest absolute Gasteiger partial charge is 0.171 e. The zero-order valence-electron chi connectivity index (χ0n) is 11.6. The molecule has 0 saturated heterocycles. The first-order valence-corrected chi connectivity index (χ1v) is 6.47. The van der Waals surface area contributed by atoms with E-state index in [1.165, 1.54) is 0 Å². The average molecular weight is 254 g/mol. The predicted molar refractivity (Wildman–Crippen MR) is 76.6 cm³/mol. The maximum Gasteiger partial charge on any atom is 0.171 e. The molecule has 2 unspecified atom stereocenters. The Morgan fingerprint density at radius 3 is 1.89 bits per heavy atom. The number of rotatable bonds is 2. The van der Waals surface area contributed by atoms with Gasteiger partial charge in [0.1, 0.15) is 0 Å². The van der Waals surface area contributed by atoms with Crippen molar-refractivity contribution in [2.24, 2.45) is 11.8 Å². The minimum atomic E-state index is -0.448. The number of carbonyl (C=O) groups excluding carboxylic acids is 2. The molecule has 0 N–H and O–H groups in total. The summed E-state index contributed by atoms with van der Waals surface area (Å²) in [6, 6.07) is 3.80. The topological polar surface area (TPSA) is 34.1 Å². The van der Waals surface area contributed by atoms with E-state index in [9.17, 15) is 9.59 Å². The Morgan fingerprint density at radius 1 is 1.00 bits per heavy atom. The van der Waals surface area contributed by atoms with Crippen LogP contribution in [0.25, 0.3) is 0 Å². The van der Waals surface area contributed by atoms with Crippen molar-refractivity contribution in [2.45, 2.75) is 20.8 Å². The van der Waals surface area contributed by atoms with E-state index >= 15 is 0 Å². The van der Waals surface area contributed by atoms with Gasteiger partial charge >= 0.3 is 0 Å². The molecule has 98 valence electrons. The summed E-state index contributed by atoms with van der Waals surface area (Å²) in [6.07, 6.45) is 5.22. The molecule has 0 saturated carbocycles. The van der Waals surface area contributed by atoms with Crippen LogP contribution in [0, 0.1) is 25.7 Å². The Morgan fingerprint density at radius 2 is 1.47 bits per heavy atom. The van der Waals surface area contributed by atoms with E-state index in [2.05, 4.69) is 6.58 Å². The van der Waals surface area contributed by atoms with Crippen LogP contribution in [-0.2, 0) is 0 Å². The molecule has 2 rings (SSSR count). The van der Waals surface area contributed by atoms with Gasteiger partial charge in [-0.2, -0.15) is 0 Å². The number of fused-ring (bicyclic) bond motifs is 1. The molecular weight excluding hydrogens is 236 g/mol. The second-order valence-electron chi connectivity index (χ2n) is 4.99. The van der Waals surface area contributed by atoms with Crippen LogP contribution in [0.15, 0.2) is 36.9 Å². The van der Waals surface area contributed by atoms with Crippen molar-refractivity contribution in [1.29, 1.82) is 0 Å². The predicted octanol–water partition coefficient (Wildman–Crippen LogP) is 3.68. The normalized spacial score (nSPS) is 22.7. The van der Waals surface area contributed by atoms with E-state index < -0.39 is 11.8 Å². The van der Waals surface area contributed by atoms with Gasteiger partial charge in [0, 0.05) is 11.1 Å². The number of Topliss-reactive ketones (excluding diaryl/α,β-unsaturated/α-hetero) is 2. The molecule has 2 atom stereocenters. The zero-order valence-corrected chi connectivity index (χ0v) is 11.6. The second kappa shape index (κ2) is 4.96. The van der Waals surface area contributed by atoms with Crippen LogP contribution >= 0.6 is 0 Å². The molecule has 0 fully saturated rings. The Bertz CT molecular complexity index is 594. The van der Waals surface area contributed by atoms with Crippen molar-refractivity contribution in [3.63, 3.8) is 0 Å². The van der Waals surface area contributed by atoms with Gasteiger partial charge in [-0.05, 0) is 31.9 Å². The van der Waals surface area contributed by atoms with E-state index in [1.54, 1.807) is 12.2 Å². The first kappa shape index (κ1) is 13.5. The lowest BCUT2D eigenvalue weighted by Crippen LogP contribution is -2.35. The fourth-order valence-corrected chi connectivity index (χ4v) is 2.77. The number of hydrogen-bond acceptors (Lipinski definition) is 2. The SMILES string of the molecule is C=CC1C(=O)c2c(C)ccc(C)c2C(=O)C1/C=C\C. The monoisotopic (exact) mass is 254 g/mol. The van der Waals surface area contributed by atoms with E-state index in [-0.39, 0.29) is 11.6 Å². The summed E-state index contributed by atoms with van der Waals surface area (Å²) in [5.41, 5.74) is 2.91. The lowest BCUT2D eigenvalue weighted by atomic mass is 9.71. The third kappa shape index (κ3) is 1.97. The van der Waals surface area contributed by atoms with Crippen LogP contribution in [0.3, 0.4) is 0 Å². The van der Waals surface area contributed by atoms with E-state index in [1.807, 2.05) is 39.0 Å². The molecule has 1 aromatic carbocycles. The van der Waals surface area contributed by atoms with Crippen molar-refractivity contribution >= 4 is 11.6 Å². The van der Waals surface area contributed by atoms with Gasteiger partial charge in [0.25, 0.3) is 0 Å². The molecule has 0 aromatic heterocycles. The van der Waals surface area contributed by atoms with Crippen molar-refractivity contribution in [3.05, 3.63) is 59.2 Å². The molecule has 0 bridgehead atoms. The van der Waals surface area contributed by atoms with Crippen LogP contribution in [0.5, 0.6) is 0 Å². The number of hydrogen-bond donors (Lipinski definition) is 0. The average Bonchev–Trinajstić information content (AvgIpc) is 2.38. The summed E-state index contributed by atoms with van der Waals surface area (Å²) >= 11 is 0. The molecule has 19 heavy (non-hydrogen) atoms. The summed E-state index contributed by atoms with van der Waals surface area (Å²) in [5.74, 6) is -0.826. The quantitative estimate of drug-likeness (QED) is 0.754. The molecule has 0 spiro atoms. The van der Waals surface area contributed by atoms with E-state index in [4.69, 9.17) is 0 Å². The van der Waals surface area contributed by atoms with Gasteiger partial charge in [0.15, 0.2) is 11.6 Å². The first-order chi connectivity index (χ1) is 9.02. The van der Waals surface area contributed by atoms with Gasteiger partial charge in [0.05, 0.1) is 11.8 Å².